The standard InChI is InChI=1S/C32H33F2N3O2/c1-20(2)24-7-10-28(11-8-24)37-21(3)14-26-16-25(27-18-35-36(5)19-27)9-12-29(26)32(37)22(4)30(34)15-23(17-33)6-13-31(38)39/h6-13,15-21,32H,4,14H2,1-3,5H3,(H,38,39)/b13-6+,23-17-,30-15+. The van der Waals surface area contributed by atoms with Gasteiger partial charge in [-0.25, -0.2) is 13.6 Å². The van der Waals surface area contributed by atoms with Crippen LogP contribution in [0.15, 0.2) is 103 Å². The van der Waals surface area contributed by atoms with Gasteiger partial charge in [-0.3, -0.25) is 4.68 Å². The van der Waals surface area contributed by atoms with Gasteiger partial charge in [0, 0.05) is 47.8 Å². The number of fused-ring (bicyclic) bond motifs is 1. The molecule has 39 heavy (non-hydrogen) atoms. The van der Waals surface area contributed by atoms with Crippen LogP contribution in [-0.2, 0) is 18.3 Å². The molecule has 1 aliphatic heterocycles. The second-order valence-corrected chi connectivity index (χ2v) is 10.2. The SMILES string of the molecule is C=C(\C(F)=C/C(=C\F)/C=C/C(=O)O)C1c2ccc(-c3cnn(C)c3)cc2CC(C)N1c1ccc(C(C)C)cc1. The number of aromatic nitrogens is 2. The highest BCUT2D eigenvalue weighted by Crippen LogP contribution is 2.44. The van der Waals surface area contributed by atoms with Gasteiger partial charge in [-0.15, -0.1) is 0 Å². The molecule has 2 heterocycles. The molecule has 0 bridgehead atoms. The molecule has 0 fully saturated rings. The van der Waals surface area contributed by atoms with Gasteiger partial charge in [0.1, 0.15) is 5.83 Å². The van der Waals surface area contributed by atoms with Gasteiger partial charge in [0.05, 0.1) is 18.6 Å². The summed E-state index contributed by atoms with van der Waals surface area (Å²) in [4.78, 5) is 13.0. The molecule has 202 valence electrons. The van der Waals surface area contributed by atoms with E-state index in [0.29, 0.717) is 5.92 Å². The van der Waals surface area contributed by atoms with Crippen molar-refractivity contribution in [2.75, 3.05) is 4.90 Å². The molecule has 0 saturated carbocycles. The summed E-state index contributed by atoms with van der Waals surface area (Å²) in [7, 11) is 1.87. The molecule has 0 aliphatic carbocycles. The number of allylic oxidation sites excluding steroid dienone is 3. The van der Waals surface area contributed by atoms with Gasteiger partial charge in [0.25, 0.3) is 0 Å². The van der Waals surface area contributed by atoms with Gasteiger partial charge in [0.15, 0.2) is 0 Å². The van der Waals surface area contributed by atoms with E-state index in [0.717, 1.165) is 52.6 Å². The first-order valence-electron chi connectivity index (χ1n) is 12.9. The Morgan fingerprint density at radius 3 is 2.46 bits per heavy atom. The normalized spacial score (nSPS) is 18.1. The number of anilines is 1. The number of benzene rings is 2. The van der Waals surface area contributed by atoms with Gasteiger partial charge in [-0.05, 0) is 65.8 Å². The number of rotatable bonds is 8. The van der Waals surface area contributed by atoms with E-state index in [2.05, 4.69) is 55.5 Å². The van der Waals surface area contributed by atoms with Gasteiger partial charge >= 0.3 is 5.97 Å². The Labute approximate surface area is 228 Å². The smallest absolute Gasteiger partial charge is 0.328 e. The lowest BCUT2D eigenvalue weighted by molar-refractivity contribution is -0.131. The number of carbonyl (C=O) groups is 1. The first-order chi connectivity index (χ1) is 18.6. The van der Waals surface area contributed by atoms with E-state index in [1.165, 1.54) is 5.56 Å². The molecule has 1 aromatic heterocycles. The third-order valence-corrected chi connectivity index (χ3v) is 7.08. The zero-order chi connectivity index (χ0) is 28.3. The van der Waals surface area contributed by atoms with Crippen LogP contribution >= 0.6 is 0 Å². The van der Waals surface area contributed by atoms with E-state index in [9.17, 15) is 9.18 Å². The molecule has 2 atom stereocenters. The summed E-state index contributed by atoms with van der Waals surface area (Å²) in [5.41, 5.74) is 6.08. The highest BCUT2D eigenvalue weighted by molar-refractivity contribution is 5.80. The molecule has 2 aromatic carbocycles. The predicted molar refractivity (Wildman–Crippen MR) is 152 cm³/mol. The molecule has 3 aromatic rings. The van der Waals surface area contributed by atoms with E-state index in [1.54, 1.807) is 4.68 Å². The molecule has 2 unspecified atom stereocenters. The quantitative estimate of drug-likeness (QED) is 0.241. The van der Waals surface area contributed by atoms with Gasteiger partial charge in [0.2, 0.25) is 0 Å². The Hall–Kier alpha value is -4.26. The van der Waals surface area contributed by atoms with Crippen LogP contribution in [0.5, 0.6) is 0 Å². The summed E-state index contributed by atoms with van der Waals surface area (Å²) >= 11 is 0. The third kappa shape index (κ3) is 6.08. The molecule has 7 heteroatoms. The monoisotopic (exact) mass is 529 g/mol. The zero-order valence-electron chi connectivity index (χ0n) is 22.6. The highest BCUT2D eigenvalue weighted by atomic mass is 19.1. The van der Waals surface area contributed by atoms with Crippen LogP contribution in [0.25, 0.3) is 11.1 Å². The highest BCUT2D eigenvalue weighted by Gasteiger charge is 2.35. The fraction of sp³-hybridized carbons (Fsp3) is 0.250. The second kappa shape index (κ2) is 11.6. The number of hydrogen-bond acceptors (Lipinski definition) is 3. The van der Waals surface area contributed by atoms with E-state index >= 15 is 4.39 Å². The minimum atomic E-state index is -1.25. The van der Waals surface area contributed by atoms with E-state index < -0.39 is 17.8 Å². The van der Waals surface area contributed by atoms with Gasteiger partial charge < -0.3 is 10.0 Å². The van der Waals surface area contributed by atoms with Crippen molar-refractivity contribution in [3.05, 3.63) is 120 Å². The number of nitrogens with zero attached hydrogens (tertiary/aromatic N) is 3. The summed E-state index contributed by atoms with van der Waals surface area (Å²) in [6.45, 7) is 10.5. The molecule has 1 N–H and O–H groups in total. The Kier molecular flexibility index (Phi) is 8.29. The van der Waals surface area contributed by atoms with Crippen LogP contribution in [0, 0.1) is 0 Å². The Balaban J connectivity index is 1.81. The average molecular weight is 530 g/mol. The molecule has 0 saturated heterocycles. The van der Waals surface area contributed by atoms with Crippen LogP contribution in [0.2, 0.25) is 0 Å². The van der Waals surface area contributed by atoms with Crippen molar-refractivity contribution in [2.24, 2.45) is 7.05 Å². The van der Waals surface area contributed by atoms with Crippen molar-refractivity contribution < 1.29 is 18.7 Å². The lowest BCUT2D eigenvalue weighted by atomic mass is 9.83. The minimum Gasteiger partial charge on any atom is -0.478 e. The Bertz CT molecular complexity index is 1460. The van der Waals surface area contributed by atoms with Crippen molar-refractivity contribution in [2.45, 2.75) is 45.2 Å². The maximum atomic E-state index is 15.7. The fourth-order valence-electron chi connectivity index (χ4n) is 5.06. The summed E-state index contributed by atoms with van der Waals surface area (Å²) in [5, 5.41) is 13.2. The summed E-state index contributed by atoms with van der Waals surface area (Å²) < 4.78 is 30.9. The summed E-state index contributed by atoms with van der Waals surface area (Å²) in [6.07, 6.45) is 7.42. The van der Waals surface area contributed by atoms with Crippen LogP contribution in [0.3, 0.4) is 0 Å². The lowest BCUT2D eigenvalue weighted by Crippen LogP contribution is -2.43. The van der Waals surface area contributed by atoms with E-state index in [-0.39, 0.29) is 23.5 Å². The van der Waals surface area contributed by atoms with Crippen molar-refractivity contribution in [3.8, 4) is 11.1 Å². The molecule has 0 spiro atoms. The zero-order valence-corrected chi connectivity index (χ0v) is 22.6. The largest absolute Gasteiger partial charge is 0.478 e. The van der Waals surface area contributed by atoms with Crippen LogP contribution in [0.4, 0.5) is 14.5 Å². The van der Waals surface area contributed by atoms with E-state index in [4.69, 9.17) is 5.11 Å². The Morgan fingerprint density at radius 1 is 1.15 bits per heavy atom. The van der Waals surface area contributed by atoms with Crippen molar-refractivity contribution in [3.63, 3.8) is 0 Å². The van der Waals surface area contributed by atoms with Gasteiger partial charge in [-0.1, -0.05) is 50.8 Å². The molecule has 5 nitrogen and oxygen atoms in total. The number of aliphatic carboxylic acids is 1. The summed E-state index contributed by atoms with van der Waals surface area (Å²) in [6, 6.07) is 13.8. The van der Waals surface area contributed by atoms with Crippen LogP contribution in [0.1, 0.15) is 49.4 Å². The number of carboxylic acids is 1. The third-order valence-electron chi connectivity index (χ3n) is 7.08. The lowest BCUT2D eigenvalue weighted by Gasteiger charge is -2.44. The summed E-state index contributed by atoms with van der Waals surface area (Å²) in [5.74, 6) is -1.60. The molecule has 0 radical (unpaired) electrons. The predicted octanol–water partition coefficient (Wildman–Crippen LogP) is 7.61. The maximum Gasteiger partial charge on any atom is 0.328 e. The van der Waals surface area contributed by atoms with E-state index in [1.807, 2.05) is 43.7 Å². The van der Waals surface area contributed by atoms with Crippen LogP contribution < -0.4 is 4.90 Å². The Morgan fingerprint density at radius 2 is 1.87 bits per heavy atom. The first-order valence-corrected chi connectivity index (χ1v) is 12.9. The van der Waals surface area contributed by atoms with Crippen molar-refractivity contribution in [1.29, 1.82) is 0 Å². The second-order valence-electron chi connectivity index (χ2n) is 10.2. The molecule has 4 rings (SSSR count). The topological polar surface area (TPSA) is 58.4 Å². The molecule has 0 amide bonds. The molecular weight excluding hydrogens is 496 g/mol. The van der Waals surface area contributed by atoms with Crippen molar-refractivity contribution >= 4 is 11.7 Å². The number of carboxylic acid groups (broad SMARTS) is 1. The maximum absolute atomic E-state index is 15.7. The molecular formula is C32H33F2N3O2. The first kappa shape index (κ1) is 27.8. The van der Waals surface area contributed by atoms with Gasteiger partial charge in [-0.2, -0.15) is 5.10 Å². The molecule has 1 aliphatic rings. The number of halogens is 2. The average Bonchev–Trinajstić information content (AvgIpc) is 3.35. The van der Waals surface area contributed by atoms with Crippen molar-refractivity contribution in [1.82, 2.24) is 9.78 Å². The minimum absolute atomic E-state index is 0.00388. The van der Waals surface area contributed by atoms with Crippen LogP contribution in [-0.4, -0.2) is 26.9 Å². The number of aryl methyl sites for hydroxylation is 1. The number of hydrogen-bond donors (Lipinski definition) is 1. The fourth-order valence-corrected chi connectivity index (χ4v) is 5.06.